The zero-order chi connectivity index (χ0) is 17.4. The summed E-state index contributed by atoms with van der Waals surface area (Å²) in [6.07, 6.45) is 5.07. The van der Waals surface area contributed by atoms with Gasteiger partial charge in [0.2, 0.25) is 0 Å². The van der Waals surface area contributed by atoms with Crippen LogP contribution in [0.3, 0.4) is 0 Å². The van der Waals surface area contributed by atoms with Crippen molar-refractivity contribution in [3.63, 3.8) is 0 Å². The lowest BCUT2D eigenvalue weighted by molar-refractivity contribution is -0.119. The number of hydrogen-bond donors (Lipinski definition) is 3. The molecule has 1 atom stereocenters. The number of amides is 1. The number of rotatable bonds is 3. The molecule has 6 heteroatoms. The zero-order valence-corrected chi connectivity index (χ0v) is 13.7. The molecule has 4 N–H and O–H groups in total. The summed E-state index contributed by atoms with van der Waals surface area (Å²) in [6, 6.07) is 11.5. The van der Waals surface area contributed by atoms with E-state index >= 15 is 0 Å². The Bertz CT molecular complexity index is 727. The predicted molar refractivity (Wildman–Crippen MR) is 93.9 cm³/mol. The number of aryl methyl sites for hydroxylation is 1. The molecular formula is C18H23N3O3. The van der Waals surface area contributed by atoms with Crippen molar-refractivity contribution in [2.45, 2.75) is 25.3 Å². The number of aromatic amines is 1. The number of nitrogens with one attached hydrogen (secondary N) is 2. The summed E-state index contributed by atoms with van der Waals surface area (Å²) in [5.41, 5.74) is 8.60. The van der Waals surface area contributed by atoms with E-state index in [0.717, 1.165) is 6.42 Å². The number of aromatic nitrogens is 1. The molecule has 2 aromatic rings. The second-order valence-corrected chi connectivity index (χ2v) is 5.62. The molecule has 1 amide bonds. The van der Waals surface area contributed by atoms with Crippen LogP contribution in [-0.4, -0.2) is 24.6 Å². The Labute approximate surface area is 141 Å². The summed E-state index contributed by atoms with van der Waals surface area (Å²) in [4.78, 5) is 24.5. The van der Waals surface area contributed by atoms with Gasteiger partial charge in [0.05, 0.1) is 0 Å². The van der Waals surface area contributed by atoms with Gasteiger partial charge in [-0.3, -0.25) is 9.59 Å². The molecule has 0 unspecified atom stereocenters. The van der Waals surface area contributed by atoms with Crippen molar-refractivity contribution < 1.29 is 9.53 Å². The Morgan fingerprint density at radius 2 is 2.17 bits per heavy atom. The maximum absolute atomic E-state index is 11.0. The second-order valence-electron chi connectivity index (χ2n) is 5.62. The number of pyridine rings is 1. The van der Waals surface area contributed by atoms with Crippen LogP contribution in [0.1, 0.15) is 30.0 Å². The highest BCUT2D eigenvalue weighted by molar-refractivity contribution is 5.90. The van der Waals surface area contributed by atoms with Crippen molar-refractivity contribution in [1.82, 2.24) is 4.98 Å². The van der Waals surface area contributed by atoms with Crippen LogP contribution in [0.4, 0.5) is 5.82 Å². The van der Waals surface area contributed by atoms with Crippen LogP contribution >= 0.6 is 0 Å². The fourth-order valence-electron chi connectivity index (χ4n) is 2.63. The van der Waals surface area contributed by atoms with E-state index in [1.165, 1.54) is 49.4 Å². The van der Waals surface area contributed by atoms with Gasteiger partial charge in [-0.15, -0.1) is 0 Å². The molecule has 0 saturated carbocycles. The zero-order valence-electron chi connectivity index (χ0n) is 13.7. The fraction of sp³-hybridized carbons (Fsp3) is 0.333. The van der Waals surface area contributed by atoms with Gasteiger partial charge in [0.15, 0.2) is 5.43 Å². The lowest BCUT2D eigenvalue weighted by Crippen LogP contribution is -2.18. The Hall–Kier alpha value is -2.44. The number of nitrogens with two attached hydrogens (primary N) is 1. The van der Waals surface area contributed by atoms with Gasteiger partial charge in [-0.25, -0.2) is 0 Å². The van der Waals surface area contributed by atoms with E-state index in [-0.39, 0.29) is 17.9 Å². The molecule has 3 rings (SSSR count). The molecule has 6 nitrogen and oxygen atoms in total. The van der Waals surface area contributed by atoms with Crippen LogP contribution in [0.15, 0.2) is 47.4 Å². The third-order valence-electron chi connectivity index (χ3n) is 3.74. The van der Waals surface area contributed by atoms with Crippen LogP contribution in [0.5, 0.6) is 0 Å². The van der Waals surface area contributed by atoms with E-state index in [4.69, 9.17) is 5.73 Å². The van der Waals surface area contributed by atoms with Crippen molar-refractivity contribution in [2.75, 3.05) is 19.0 Å². The van der Waals surface area contributed by atoms with Gasteiger partial charge in [-0.1, -0.05) is 24.3 Å². The van der Waals surface area contributed by atoms with Crippen molar-refractivity contribution in [1.29, 1.82) is 0 Å². The number of carbonyl (C=O) groups excluding carboxylic acids is 1. The molecule has 128 valence electrons. The summed E-state index contributed by atoms with van der Waals surface area (Å²) in [7, 11) is 1.42. The summed E-state index contributed by atoms with van der Waals surface area (Å²) in [6.45, 7) is -0.0308. The standard InChI is InChI=1S/C10H13N.C8H10N2O3/c11-10-7-3-5-8-4-1-2-6-9(8)10;1-13-5-8(12)10-7-4-6(11)2-3-9-7/h1-2,4,6,10H,3,5,7,11H2;2-4H,5H2,1H3,(H2,9,10,11,12)/t10-;/m0./s1. The van der Waals surface area contributed by atoms with Crippen molar-refractivity contribution >= 4 is 11.7 Å². The summed E-state index contributed by atoms with van der Waals surface area (Å²) in [5.74, 6) is 0.0684. The number of H-pyrrole nitrogens is 1. The van der Waals surface area contributed by atoms with Gasteiger partial charge in [0.1, 0.15) is 12.4 Å². The monoisotopic (exact) mass is 329 g/mol. The average Bonchev–Trinajstić information content (AvgIpc) is 2.56. The molecule has 0 spiro atoms. The van der Waals surface area contributed by atoms with Gasteiger partial charge in [0, 0.05) is 31.5 Å². The molecule has 1 aromatic carbocycles. The predicted octanol–water partition coefficient (Wildman–Crippen LogP) is 1.98. The van der Waals surface area contributed by atoms with Gasteiger partial charge in [0.25, 0.3) is 5.91 Å². The summed E-state index contributed by atoms with van der Waals surface area (Å²) in [5, 5.41) is 2.46. The van der Waals surface area contributed by atoms with E-state index in [0.29, 0.717) is 11.9 Å². The molecule has 0 radical (unpaired) electrons. The summed E-state index contributed by atoms with van der Waals surface area (Å²) >= 11 is 0. The lowest BCUT2D eigenvalue weighted by atomic mass is 9.88. The quantitative estimate of drug-likeness (QED) is 0.802. The molecule has 1 heterocycles. The molecule has 1 aromatic heterocycles. The van der Waals surface area contributed by atoms with Crippen LogP contribution in [0.2, 0.25) is 0 Å². The number of ether oxygens (including phenoxy) is 1. The highest BCUT2D eigenvalue weighted by atomic mass is 16.5. The average molecular weight is 329 g/mol. The highest BCUT2D eigenvalue weighted by Crippen LogP contribution is 2.26. The Morgan fingerprint density at radius 3 is 2.88 bits per heavy atom. The van der Waals surface area contributed by atoms with Crippen LogP contribution in [-0.2, 0) is 16.0 Å². The van der Waals surface area contributed by atoms with Crippen LogP contribution in [0.25, 0.3) is 0 Å². The molecule has 24 heavy (non-hydrogen) atoms. The number of fused-ring (bicyclic) bond motifs is 1. The minimum Gasteiger partial charge on any atom is -0.375 e. The second kappa shape index (κ2) is 9.00. The number of carbonyl (C=O) groups is 1. The topological polar surface area (TPSA) is 97.2 Å². The number of benzene rings is 1. The normalized spacial score (nSPS) is 15.7. The third-order valence-corrected chi connectivity index (χ3v) is 3.74. The molecule has 0 aliphatic heterocycles. The van der Waals surface area contributed by atoms with Crippen LogP contribution in [0, 0.1) is 0 Å². The van der Waals surface area contributed by atoms with Crippen molar-refractivity contribution in [3.8, 4) is 0 Å². The van der Waals surface area contributed by atoms with Gasteiger partial charge in [-0.05, 0) is 30.4 Å². The Kier molecular flexibility index (Phi) is 6.72. The smallest absolute Gasteiger partial charge is 0.251 e. The first-order valence-electron chi connectivity index (χ1n) is 7.91. The largest absolute Gasteiger partial charge is 0.375 e. The maximum atomic E-state index is 11.0. The fourth-order valence-corrected chi connectivity index (χ4v) is 2.63. The third kappa shape index (κ3) is 5.33. The van der Waals surface area contributed by atoms with E-state index in [1.54, 1.807) is 0 Å². The van der Waals surface area contributed by atoms with Gasteiger partial charge >= 0.3 is 0 Å². The van der Waals surface area contributed by atoms with E-state index in [1.807, 2.05) is 0 Å². The van der Waals surface area contributed by atoms with E-state index in [9.17, 15) is 9.59 Å². The minimum atomic E-state index is -0.302. The molecule has 1 aliphatic rings. The van der Waals surface area contributed by atoms with Gasteiger partial charge < -0.3 is 20.8 Å². The molecule has 1 aliphatic carbocycles. The highest BCUT2D eigenvalue weighted by Gasteiger charge is 2.14. The van der Waals surface area contributed by atoms with Gasteiger partial charge in [-0.2, -0.15) is 0 Å². The van der Waals surface area contributed by atoms with Crippen molar-refractivity contribution in [3.05, 3.63) is 63.9 Å². The number of methoxy groups -OCH3 is 1. The maximum Gasteiger partial charge on any atom is 0.251 e. The Balaban J connectivity index is 0.000000175. The first-order valence-corrected chi connectivity index (χ1v) is 7.91. The number of anilines is 1. The molecule has 0 saturated heterocycles. The first kappa shape index (κ1) is 17.9. The molecular weight excluding hydrogens is 306 g/mol. The van der Waals surface area contributed by atoms with E-state index < -0.39 is 0 Å². The summed E-state index contributed by atoms with van der Waals surface area (Å²) < 4.78 is 4.60. The van der Waals surface area contributed by atoms with E-state index in [2.05, 4.69) is 39.3 Å². The number of hydrogen-bond acceptors (Lipinski definition) is 4. The first-order chi connectivity index (χ1) is 11.6. The SMILES string of the molecule is COCC(=O)Nc1cc(=O)cc[nH]1.N[C@H]1CCCc2ccccc21. The van der Waals surface area contributed by atoms with Crippen LogP contribution < -0.4 is 16.5 Å². The molecule has 0 bridgehead atoms. The van der Waals surface area contributed by atoms with Crippen molar-refractivity contribution in [2.24, 2.45) is 5.73 Å². The molecule has 0 fully saturated rings. The lowest BCUT2D eigenvalue weighted by Gasteiger charge is -2.21. The Morgan fingerprint density at radius 1 is 1.38 bits per heavy atom. The minimum absolute atomic E-state index is 0.0308.